The average Bonchev–Trinajstić information content (AvgIpc) is 2.93. The van der Waals surface area contributed by atoms with Crippen LogP contribution in [-0.4, -0.2) is 39.1 Å². The van der Waals surface area contributed by atoms with E-state index in [4.69, 9.17) is 0 Å². The van der Waals surface area contributed by atoms with E-state index in [2.05, 4.69) is 22.6 Å². The van der Waals surface area contributed by atoms with E-state index in [0.29, 0.717) is 6.42 Å². The molecule has 0 saturated carbocycles. The number of amides is 1. The number of rotatable bonds is 3. The zero-order chi connectivity index (χ0) is 12.5. The van der Waals surface area contributed by atoms with Gasteiger partial charge >= 0.3 is 0 Å². The van der Waals surface area contributed by atoms with Crippen molar-refractivity contribution >= 4 is 29.6 Å². The Hall–Kier alpha value is -1.49. The highest BCUT2D eigenvalue weighted by Gasteiger charge is 2.26. The van der Waals surface area contributed by atoms with Crippen LogP contribution in [0.25, 0.3) is 11.0 Å². The minimum atomic E-state index is 0.196. The first kappa shape index (κ1) is 11.6. The number of H-pyrrole nitrogens is 1. The molecule has 1 aliphatic heterocycles. The Labute approximate surface area is 111 Å². The molecule has 1 atom stereocenters. The lowest BCUT2D eigenvalue weighted by molar-refractivity contribution is -0.127. The van der Waals surface area contributed by atoms with Gasteiger partial charge in [0.05, 0.1) is 0 Å². The number of pyridine rings is 1. The van der Waals surface area contributed by atoms with Crippen LogP contribution in [0.5, 0.6) is 0 Å². The molecule has 0 aliphatic carbocycles. The summed E-state index contributed by atoms with van der Waals surface area (Å²) in [6, 6.07) is 4.06. The molecule has 1 N–H and O–H groups in total. The topological polar surface area (TPSA) is 49.0 Å². The fraction of sp³-hybridized carbons (Fsp3) is 0.385. The zero-order valence-electron chi connectivity index (χ0n) is 9.97. The number of carbonyl (C=O) groups is 1. The van der Waals surface area contributed by atoms with Gasteiger partial charge in [-0.05, 0) is 24.1 Å². The highest BCUT2D eigenvalue weighted by molar-refractivity contribution is 7.81. The molecular formula is C13H15N3OS. The van der Waals surface area contributed by atoms with Crippen LogP contribution in [0.15, 0.2) is 24.5 Å². The molecule has 0 spiro atoms. The molecule has 3 rings (SSSR count). The molecule has 1 unspecified atom stereocenters. The summed E-state index contributed by atoms with van der Waals surface area (Å²) >= 11 is 4.36. The first-order chi connectivity index (χ1) is 8.74. The van der Waals surface area contributed by atoms with Crippen molar-refractivity contribution < 1.29 is 4.79 Å². The van der Waals surface area contributed by atoms with E-state index < -0.39 is 0 Å². The van der Waals surface area contributed by atoms with Gasteiger partial charge in [0.15, 0.2) is 0 Å². The Bertz CT molecular complexity index is 580. The summed E-state index contributed by atoms with van der Waals surface area (Å²) in [7, 11) is 0. The molecule has 0 radical (unpaired) electrons. The summed E-state index contributed by atoms with van der Waals surface area (Å²) in [4.78, 5) is 20.9. The van der Waals surface area contributed by atoms with Crippen molar-refractivity contribution in [2.24, 2.45) is 0 Å². The number of aromatic nitrogens is 2. The molecule has 1 amide bonds. The van der Waals surface area contributed by atoms with Crippen molar-refractivity contribution in [3.8, 4) is 0 Å². The van der Waals surface area contributed by atoms with Crippen molar-refractivity contribution in [3.63, 3.8) is 0 Å². The summed E-state index contributed by atoms with van der Waals surface area (Å²) in [5.41, 5.74) is 2.14. The Morgan fingerprint density at radius 2 is 2.39 bits per heavy atom. The fourth-order valence-electron chi connectivity index (χ4n) is 2.46. The van der Waals surface area contributed by atoms with Gasteiger partial charge in [0, 0.05) is 42.5 Å². The van der Waals surface area contributed by atoms with Crippen LogP contribution in [0.4, 0.5) is 0 Å². The normalized spacial score (nSPS) is 19.9. The van der Waals surface area contributed by atoms with E-state index >= 15 is 0 Å². The van der Waals surface area contributed by atoms with Crippen molar-refractivity contribution in [3.05, 3.63) is 30.1 Å². The molecule has 1 aliphatic rings. The van der Waals surface area contributed by atoms with Crippen molar-refractivity contribution in [2.45, 2.75) is 18.1 Å². The van der Waals surface area contributed by atoms with Crippen molar-refractivity contribution in [1.82, 2.24) is 14.9 Å². The van der Waals surface area contributed by atoms with E-state index in [1.54, 1.807) is 6.20 Å². The number of fused-ring (bicyclic) bond motifs is 1. The lowest BCUT2D eigenvalue weighted by Gasteiger charge is -2.15. The smallest absolute Gasteiger partial charge is 0.223 e. The van der Waals surface area contributed by atoms with Gasteiger partial charge < -0.3 is 9.88 Å². The second-order valence-corrected chi connectivity index (χ2v) is 5.39. The second-order valence-electron chi connectivity index (χ2n) is 4.66. The lowest BCUT2D eigenvalue weighted by Crippen LogP contribution is -2.27. The minimum absolute atomic E-state index is 0.196. The van der Waals surface area contributed by atoms with E-state index in [1.165, 1.54) is 5.56 Å². The molecule has 5 heteroatoms. The van der Waals surface area contributed by atoms with Gasteiger partial charge in [-0.1, -0.05) is 0 Å². The Balaban J connectivity index is 1.73. The largest absolute Gasteiger partial charge is 0.346 e. The van der Waals surface area contributed by atoms with E-state index in [1.807, 2.05) is 23.2 Å². The molecule has 1 fully saturated rings. The molecule has 18 heavy (non-hydrogen) atoms. The zero-order valence-corrected chi connectivity index (χ0v) is 10.9. The number of nitrogens with one attached hydrogen (secondary N) is 1. The third-order valence-electron chi connectivity index (χ3n) is 3.40. The maximum absolute atomic E-state index is 11.7. The van der Waals surface area contributed by atoms with Gasteiger partial charge in [-0.15, -0.1) is 0 Å². The van der Waals surface area contributed by atoms with Gasteiger partial charge in [0.1, 0.15) is 5.65 Å². The third kappa shape index (κ3) is 2.10. The van der Waals surface area contributed by atoms with Crippen LogP contribution in [0, 0.1) is 0 Å². The maximum Gasteiger partial charge on any atom is 0.223 e. The van der Waals surface area contributed by atoms with Crippen LogP contribution < -0.4 is 0 Å². The van der Waals surface area contributed by atoms with Crippen LogP contribution in [-0.2, 0) is 11.2 Å². The summed E-state index contributed by atoms with van der Waals surface area (Å²) in [5, 5.41) is 1.34. The number of hydrogen-bond donors (Lipinski definition) is 2. The number of carbonyl (C=O) groups excluding carboxylic acids is 1. The maximum atomic E-state index is 11.7. The first-order valence-corrected chi connectivity index (χ1v) is 6.62. The molecule has 3 heterocycles. The molecule has 1 saturated heterocycles. The first-order valence-electron chi connectivity index (χ1n) is 6.11. The van der Waals surface area contributed by atoms with Crippen LogP contribution in [0.3, 0.4) is 0 Å². The fourth-order valence-corrected chi connectivity index (χ4v) is 2.81. The van der Waals surface area contributed by atoms with Gasteiger partial charge in [-0.2, -0.15) is 12.6 Å². The van der Waals surface area contributed by atoms with E-state index in [9.17, 15) is 4.79 Å². The molecule has 2 aromatic rings. The van der Waals surface area contributed by atoms with Gasteiger partial charge in [0.25, 0.3) is 0 Å². The molecule has 0 aromatic carbocycles. The lowest BCUT2D eigenvalue weighted by atomic mass is 10.1. The van der Waals surface area contributed by atoms with Crippen molar-refractivity contribution in [2.75, 3.05) is 13.1 Å². The second kappa shape index (κ2) is 4.65. The standard InChI is InChI=1S/C13H15N3OS/c17-12-7-10(18)8-16(12)6-3-9-1-4-14-13-11(9)2-5-15-13/h1-2,4-5,10,18H,3,6-8H2,(H,14,15). The third-order valence-corrected chi connectivity index (χ3v) is 3.74. The summed E-state index contributed by atoms with van der Waals surface area (Å²) in [5.74, 6) is 0.217. The van der Waals surface area contributed by atoms with E-state index in [0.717, 1.165) is 30.5 Å². The average molecular weight is 261 g/mol. The van der Waals surface area contributed by atoms with Gasteiger partial charge in [-0.25, -0.2) is 4.98 Å². The van der Waals surface area contributed by atoms with E-state index in [-0.39, 0.29) is 11.2 Å². The summed E-state index contributed by atoms with van der Waals surface area (Å²) in [6.45, 7) is 1.53. The number of aromatic amines is 1. The molecule has 4 nitrogen and oxygen atoms in total. The van der Waals surface area contributed by atoms with Gasteiger partial charge in [0.2, 0.25) is 5.91 Å². The molecule has 2 aromatic heterocycles. The number of thiol groups is 1. The molecule has 94 valence electrons. The van der Waals surface area contributed by atoms with Crippen LogP contribution >= 0.6 is 12.6 Å². The van der Waals surface area contributed by atoms with Crippen LogP contribution in [0.2, 0.25) is 0 Å². The molecule has 0 bridgehead atoms. The predicted octanol–water partition coefficient (Wildman–Crippen LogP) is 1.64. The molecular weight excluding hydrogens is 246 g/mol. The Kier molecular flexibility index (Phi) is 2.99. The predicted molar refractivity (Wildman–Crippen MR) is 73.8 cm³/mol. The SMILES string of the molecule is O=C1CC(S)CN1CCc1ccnc2[nH]ccc12. The monoisotopic (exact) mass is 261 g/mol. The summed E-state index contributed by atoms with van der Waals surface area (Å²) in [6.07, 6.45) is 5.13. The van der Waals surface area contributed by atoms with Crippen molar-refractivity contribution in [1.29, 1.82) is 0 Å². The highest BCUT2D eigenvalue weighted by Crippen LogP contribution is 2.19. The number of nitrogens with zero attached hydrogens (tertiary/aromatic N) is 2. The van der Waals surface area contributed by atoms with Crippen LogP contribution in [0.1, 0.15) is 12.0 Å². The van der Waals surface area contributed by atoms with Gasteiger partial charge in [-0.3, -0.25) is 4.79 Å². The Morgan fingerprint density at radius 3 is 3.17 bits per heavy atom. The summed E-state index contributed by atoms with van der Waals surface area (Å²) < 4.78 is 0. The number of hydrogen-bond acceptors (Lipinski definition) is 3. The Morgan fingerprint density at radius 1 is 1.50 bits per heavy atom. The quantitative estimate of drug-likeness (QED) is 0.825. The minimum Gasteiger partial charge on any atom is -0.346 e. The highest BCUT2D eigenvalue weighted by atomic mass is 32.1. The number of likely N-dealkylation sites (tertiary alicyclic amines) is 1.